The van der Waals surface area contributed by atoms with E-state index < -0.39 is 17.4 Å². The summed E-state index contributed by atoms with van der Waals surface area (Å²) in [6, 6.07) is 4.63. The molecule has 0 spiro atoms. The fraction of sp³-hybridized carbons (Fsp3) is 0. The summed E-state index contributed by atoms with van der Waals surface area (Å²) in [5, 5.41) is 1.72. The summed E-state index contributed by atoms with van der Waals surface area (Å²) in [6.07, 6.45) is 0. The third-order valence-corrected chi connectivity index (χ3v) is 3.84. The molecule has 0 aliphatic heterocycles. The molecule has 0 unspecified atom stereocenters. The molecule has 2 rings (SSSR count). The Bertz CT molecular complexity index is 551. The van der Waals surface area contributed by atoms with Gasteiger partial charge in [0, 0.05) is 10.5 Å². The van der Waals surface area contributed by atoms with Crippen molar-refractivity contribution in [2.45, 2.75) is 0 Å². The van der Waals surface area contributed by atoms with Gasteiger partial charge in [0.1, 0.15) is 11.6 Å². The van der Waals surface area contributed by atoms with E-state index in [0.717, 1.165) is 12.1 Å². The van der Waals surface area contributed by atoms with Crippen LogP contribution in [0.15, 0.2) is 34.1 Å². The van der Waals surface area contributed by atoms with Crippen LogP contribution in [0.5, 0.6) is 0 Å². The Balaban J connectivity index is 2.46. The molecule has 0 amide bonds. The predicted octanol–water partition coefficient (Wildman–Crippen LogP) is 4.02. The van der Waals surface area contributed by atoms with Crippen molar-refractivity contribution in [3.8, 4) is 0 Å². The quantitative estimate of drug-likeness (QED) is 0.766. The van der Waals surface area contributed by atoms with Crippen LogP contribution < -0.4 is 0 Å². The number of benzene rings is 1. The highest BCUT2D eigenvalue weighted by atomic mass is 79.9. The van der Waals surface area contributed by atoms with E-state index in [1.165, 1.54) is 11.3 Å². The number of ketones is 1. The molecule has 0 saturated heterocycles. The van der Waals surface area contributed by atoms with Crippen LogP contribution in [0.2, 0.25) is 0 Å². The van der Waals surface area contributed by atoms with Gasteiger partial charge in [0.25, 0.3) is 0 Å². The van der Waals surface area contributed by atoms with Crippen molar-refractivity contribution < 1.29 is 13.6 Å². The Kier molecular flexibility index (Phi) is 3.16. The summed E-state index contributed by atoms with van der Waals surface area (Å²) >= 11 is 4.40. The number of carbonyl (C=O) groups excluding carboxylic acids is 1. The van der Waals surface area contributed by atoms with Crippen LogP contribution in [0.3, 0.4) is 0 Å². The van der Waals surface area contributed by atoms with Gasteiger partial charge in [0.05, 0.1) is 10.4 Å². The Hall–Kier alpha value is -1.07. The van der Waals surface area contributed by atoms with E-state index in [9.17, 15) is 13.6 Å². The summed E-state index contributed by atoms with van der Waals surface area (Å²) in [7, 11) is 0. The van der Waals surface area contributed by atoms with Crippen molar-refractivity contribution in [3.05, 3.63) is 56.2 Å². The molecule has 1 heterocycles. The largest absolute Gasteiger partial charge is 0.288 e. The lowest BCUT2D eigenvalue weighted by atomic mass is 10.1. The van der Waals surface area contributed by atoms with Gasteiger partial charge in [-0.2, -0.15) is 0 Å². The first-order valence-corrected chi connectivity index (χ1v) is 5.99. The van der Waals surface area contributed by atoms with Gasteiger partial charge >= 0.3 is 0 Å². The predicted molar refractivity (Wildman–Crippen MR) is 61.8 cm³/mol. The molecule has 0 radical (unpaired) electrons. The van der Waals surface area contributed by atoms with Crippen LogP contribution in [0.4, 0.5) is 8.78 Å². The normalized spacial score (nSPS) is 10.4. The van der Waals surface area contributed by atoms with Gasteiger partial charge in [-0.3, -0.25) is 4.79 Å². The van der Waals surface area contributed by atoms with E-state index in [1.54, 1.807) is 11.4 Å². The number of hydrogen-bond donors (Lipinski definition) is 0. The molecule has 0 atom stereocenters. The minimum absolute atomic E-state index is 0.121. The number of hydrogen-bond acceptors (Lipinski definition) is 2. The summed E-state index contributed by atoms with van der Waals surface area (Å²) in [5.74, 6) is -1.98. The number of thiophene rings is 1. The van der Waals surface area contributed by atoms with Crippen molar-refractivity contribution in [2.24, 2.45) is 0 Å². The molecule has 0 saturated carbocycles. The number of rotatable bonds is 2. The maximum Gasteiger partial charge on any atom is 0.207 e. The molecular weight excluding hydrogens is 298 g/mol. The third kappa shape index (κ3) is 2.05. The number of halogens is 3. The van der Waals surface area contributed by atoms with Crippen LogP contribution in [0.25, 0.3) is 0 Å². The molecule has 0 N–H and O–H groups in total. The fourth-order valence-corrected chi connectivity index (χ4v) is 2.76. The van der Waals surface area contributed by atoms with Gasteiger partial charge in [0.2, 0.25) is 5.78 Å². The van der Waals surface area contributed by atoms with Crippen LogP contribution >= 0.6 is 27.3 Å². The topological polar surface area (TPSA) is 17.1 Å². The van der Waals surface area contributed by atoms with E-state index >= 15 is 0 Å². The smallest absolute Gasteiger partial charge is 0.207 e. The Labute approximate surface area is 103 Å². The zero-order chi connectivity index (χ0) is 11.7. The first kappa shape index (κ1) is 11.4. The molecule has 1 aromatic heterocycles. The number of carbonyl (C=O) groups is 1. The van der Waals surface area contributed by atoms with E-state index in [2.05, 4.69) is 15.9 Å². The Morgan fingerprint density at radius 2 is 2.00 bits per heavy atom. The minimum Gasteiger partial charge on any atom is -0.288 e. The van der Waals surface area contributed by atoms with Crippen LogP contribution in [0.1, 0.15) is 15.2 Å². The van der Waals surface area contributed by atoms with E-state index in [0.29, 0.717) is 15.4 Å². The molecule has 16 heavy (non-hydrogen) atoms. The lowest BCUT2D eigenvalue weighted by Crippen LogP contribution is -2.03. The van der Waals surface area contributed by atoms with Crippen molar-refractivity contribution in [1.82, 2.24) is 0 Å². The molecule has 5 heteroatoms. The van der Waals surface area contributed by atoms with E-state index in [4.69, 9.17) is 0 Å². The first-order valence-electron chi connectivity index (χ1n) is 4.32. The monoisotopic (exact) mass is 302 g/mol. The average molecular weight is 303 g/mol. The minimum atomic E-state index is -0.842. The SMILES string of the molecule is O=C(c1ccc(F)cc1F)c1sccc1Br. The van der Waals surface area contributed by atoms with Gasteiger partial charge in [-0.25, -0.2) is 8.78 Å². The maximum absolute atomic E-state index is 13.4. The second-order valence-corrected chi connectivity index (χ2v) is 4.82. The summed E-state index contributed by atoms with van der Waals surface area (Å²) < 4.78 is 26.6. The van der Waals surface area contributed by atoms with Gasteiger partial charge in [-0.15, -0.1) is 11.3 Å². The van der Waals surface area contributed by atoms with Gasteiger partial charge in [-0.05, 0) is 39.5 Å². The van der Waals surface area contributed by atoms with E-state index in [1.807, 2.05) is 0 Å². The molecule has 0 aliphatic carbocycles. The lowest BCUT2D eigenvalue weighted by Gasteiger charge is -2.01. The lowest BCUT2D eigenvalue weighted by molar-refractivity contribution is 0.103. The summed E-state index contributed by atoms with van der Waals surface area (Å²) in [5.41, 5.74) is -0.121. The highest BCUT2D eigenvalue weighted by molar-refractivity contribution is 9.10. The maximum atomic E-state index is 13.4. The molecule has 82 valence electrons. The molecule has 2 aromatic rings. The highest BCUT2D eigenvalue weighted by Crippen LogP contribution is 2.26. The van der Waals surface area contributed by atoms with Gasteiger partial charge in [0.15, 0.2) is 0 Å². The summed E-state index contributed by atoms with van der Waals surface area (Å²) in [4.78, 5) is 12.3. The van der Waals surface area contributed by atoms with E-state index in [-0.39, 0.29) is 5.56 Å². The zero-order valence-electron chi connectivity index (χ0n) is 7.84. The van der Waals surface area contributed by atoms with Crippen molar-refractivity contribution in [3.63, 3.8) is 0 Å². The highest BCUT2D eigenvalue weighted by Gasteiger charge is 2.17. The fourth-order valence-electron chi connectivity index (χ4n) is 1.25. The first-order chi connectivity index (χ1) is 7.59. The summed E-state index contributed by atoms with van der Waals surface area (Å²) in [6.45, 7) is 0. The Morgan fingerprint density at radius 1 is 1.25 bits per heavy atom. The zero-order valence-corrected chi connectivity index (χ0v) is 10.2. The molecule has 0 aliphatic rings. The second-order valence-electron chi connectivity index (χ2n) is 3.05. The van der Waals surface area contributed by atoms with Gasteiger partial charge < -0.3 is 0 Å². The van der Waals surface area contributed by atoms with Crippen molar-refractivity contribution in [2.75, 3.05) is 0 Å². The van der Waals surface area contributed by atoms with Crippen LogP contribution in [-0.2, 0) is 0 Å². The van der Waals surface area contributed by atoms with Crippen LogP contribution in [-0.4, -0.2) is 5.78 Å². The standard InChI is InChI=1S/C11H5BrF2OS/c12-8-3-4-16-11(8)10(15)7-2-1-6(13)5-9(7)14/h1-5H. The molecule has 1 nitrogen and oxygen atoms in total. The van der Waals surface area contributed by atoms with Gasteiger partial charge in [-0.1, -0.05) is 0 Å². The third-order valence-electron chi connectivity index (χ3n) is 2.00. The van der Waals surface area contributed by atoms with Crippen LogP contribution in [0, 0.1) is 11.6 Å². The molecule has 0 fully saturated rings. The van der Waals surface area contributed by atoms with Crippen molar-refractivity contribution in [1.29, 1.82) is 0 Å². The average Bonchev–Trinajstić information content (AvgIpc) is 2.63. The Morgan fingerprint density at radius 3 is 2.56 bits per heavy atom. The molecular formula is C11H5BrF2OS. The van der Waals surface area contributed by atoms with Crippen molar-refractivity contribution >= 4 is 33.0 Å². The molecule has 0 bridgehead atoms. The second kappa shape index (κ2) is 4.43. The molecule has 1 aromatic carbocycles.